The summed E-state index contributed by atoms with van der Waals surface area (Å²) in [4.78, 5) is 25.0. The predicted octanol–water partition coefficient (Wildman–Crippen LogP) is 1.92. The Kier molecular flexibility index (Phi) is 5.48. The third-order valence-electron chi connectivity index (χ3n) is 4.77. The quantitative estimate of drug-likeness (QED) is 0.528. The van der Waals surface area contributed by atoms with Crippen LogP contribution in [0, 0.1) is 13.8 Å². The maximum atomic E-state index is 12.6. The van der Waals surface area contributed by atoms with Crippen molar-refractivity contribution in [1.29, 1.82) is 0 Å². The minimum Gasteiger partial charge on any atom is -0.453 e. The Hall–Kier alpha value is -2.07. The predicted molar refractivity (Wildman–Crippen MR) is 100 cm³/mol. The molecule has 1 fully saturated rings. The summed E-state index contributed by atoms with van der Waals surface area (Å²) in [5.41, 5.74) is 2.52. The summed E-state index contributed by atoms with van der Waals surface area (Å²) in [5.74, 6) is -0.674. The van der Waals surface area contributed by atoms with Crippen molar-refractivity contribution in [3.63, 3.8) is 0 Å². The Balaban J connectivity index is 1.72. The number of carbonyl (C=O) groups is 2. The summed E-state index contributed by atoms with van der Waals surface area (Å²) >= 11 is 0.948. The van der Waals surface area contributed by atoms with E-state index in [4.69, 9.17) is 4.74 Å². The van der Waals surface area contributed by atoms with E-state index in [-0.39, 0.29) is 29.9 Å². The number of nitrogens with zero attached hydrogens (tertiary/aromatic N) is 3. The van der Waals surface area contributed by atoms with Gasteiger partial charge in [-0.3, -0.25) is 4.79 Å². The number of rotatable bonds is 6. The third kappa shape index (κ3) is 3.96. The van der Waals surface area contributed by atoms with Crippen LogP contribution in [0.5, 0.6) is 0 Å². The second-order valence-corrected chi connectivity index (χ2v) is 9.60. The maximum absolute atomic E-state index is 12.6. The highest BCUT2D eigenvalue weighted by molar-refractivity contribution is 7.91. The van der Waals surface area contributed by atoms with Crippen LogP contribution in [-0.4, -0.2) is 52.4 Å². The second-order valence-electron chi connectivity index (χ2n) is 6.61. The van der Waals surface area contributed by atoms with Gasteiger partial charge in [-0.05, 0) is 44.3 Å². The molecule has 0 amide bonds. The van der Waals surface area contributed by atoms with Crippen molar-refractivity contribution in [1.82, 2.24) is 14.2 Å². The minimum absolute atomic E-state index is 0.0874. The maximum Gasteiger partial charge on any atom is 0.352 e. The Morgan fingerprint density at radius 2 is 2.11 bits per heavy atom. The lowest BCUT2D eigenvalue weighted by molar-refractivity contribution is 0.0478. The van der Waals surface area contributed by atoms with Gasteiger partial charge < -0.3 is 9.30 Å². The molecule has 1 aliphatic rings. The monoisotopic (exact) mass is 411 g/mol. The van der Waals surface area contributed by atoms with E-state index >= 15 is 0 Å². The third-order valence-corrected chi connectivity index (χ3v) is 7.27. The van der Waals surface area contributed by atoms with Crippen molar-refractivity contribution in [2.45, 2.75) is 39.7 Å². The normalized spacial score (nSPS) is 18.6. The molecule has 0 bridgehead atoms. The molecule has 0 aliphatic carbocycles. The minimum atomic E-state index is -3.03. The Labute approximate surface area is 161 Å². The van der Waals surface area contributed by atoms with Crippen molar-refractivity contribution >= 4 is 33.1 Å². The Bertz CT molecular complexity index is 990. The first-order valence-corrected chi connectivity index (χ1v) is 11.2. The molecule has 0 N–H and O–H groups in total. The topological polar surface area (TPSA) is 108 Å². The van der Waals surface area contributed by atoms with E-state index in [2.05, 4.69) is 9.59 Å². The first-order chi connectivity index (χ1) is 12.7. The van der Waals surface area contributed by atoms with Gasteiger partial charge in [0.25, 0.3) is 0 Å². The van der Waals surface area contributed by atoms with Crippen LogP contribution in [-0.2, 0) is 21.0 Å². The molecule has 2 aromatic rings. The Morgan fingerprint density at radius 3 is 2.74 bits per heavy atom. The molecule has 0 saturated carbocycles. The van der Waals surface area contributed by atoms with Crippen LogP contribution in [0.2, 0.25) is 0 Å². The fraction of sp³-hybridized carbons (Fsp3) is 0.529. The van der Waals surface area contributed by atoms with Crippen LogP contribution < -0.4 is 0 Å². The fourth-order valence-corrected chi connectivity index (χ4v) is 5.81. The zero-order valence-electron chi connectivity index (χ0n) is 15.4. The zero-order valence-corrected chi connectivity index (χ0v) is 17.0. The van der Waals surface area contributed by atoms with Crippen LogP contribution in [0.15, 0.2) is 6.07 Å². The highest BCUT2D eigenvalue weighted by atomic mass is 32.2. The van der Waals surface area contributed by atoms with E-state index in [9.17, 15) is 18.0 Å². The standard InChI is InChI=1S/C17H21N3O5S2/c1-4-14-16(26-19-18-14)17(22)25-8-15(21)13-7-10(2)20(11(13)3)12-5-6-27(23,24)9-12/h7,12H,4-6,8-9H2,1-3H3. The first-order valence-electron chi connectivity index (χ1n) is 8.64. The molecule has 0 spiro atoms. The van der Waals surface area contributed by atoms with Crippen LogP contribution in [0.4, 0.5) is 0 Å². The molecule has 1 unspecified atom stereocenters. The summed E-state index contributed by atoms with van der Waals surface area (Å²) in [6, 6.07) is 1.57. The molecule has 1 saturated heterocycles. The summed E-state index contributed by atoms with van der Waals surface area (Å²) in [6.07, 6.45) is 1.10. The summed E-state index contributed by atoms with van der Waals surface area (Å²) in [7, 11) is -3.03. The fourth-order valence-electron chi connectivity index (χ4n) is 3.47. The molecule has 0 aromatic carbocycles. The number of aryl methyl sites for hydroxylation is 2. The van der Waals surface area contributed by atoms with Crippen molar-refractivity contribution in [3.8, 4) is 0 Å². The van der Waals surface area contributed by atoms with E-state index in [0.717, 1.165) is 17.2 Å². The van der Waals surface area contributed by atoms with Crippen molar-refractivity contribution < 1.29 is 22.7 Å². The molecular weight excluding hydrogens is 390 g/mol. The van der Waals surface area contributed by atoms with E-state index in [1.54, 1.807) is 13.0 Å². The number of ether oxygens (including phenoxy) is 1. The lowest BCUT2D eigenvalue weighted by atomic mass is 10.1. The molecule has 1 atom stereocenters. The number of esters is 1. The first kappa shape index (κ1) is 19.7. The van der Waals surface area contributed by atoms with Crippen molar-refractivity contribution in [3.05, 3.63) is 33.6 Å². The molecule has 1 aliphatic heterocycles. The largest absolute Gasteiger partial charge is 0.453 e. The summed E-state index contributed by atoms with van der Waals surface area (Å²) < 4.78 is 34.3. The van der Waals surface area contributed by atoms with Gasteiger partial charge in [0.2, 0.25) is 5.78 Å². The van der Waals surface area contributed by atoms with Crippen molar-refractivity contribution in [2.24, 2.45) is 0 Å². The van der Waals surface area contributed by atoms with Gasteiger partial charge in [0.1, 0.15) is 0 Å². The van der Waals surface area contributed by atoms with Gasteiger partial charge in [-0.25, -0.2) is 13.2 Å². The highest BCUT2D eigenvalue weighted by Crippen LogP contribution is 2.29. The molecule has 2 aromatic heterocycles. The zero-order chi connectivity index (χ0) is 19.8. The summed E-state index contributed by atoms with van der Waals surface area (Å²) in [6.45, 7) is 5.11. The van der Waals surface area contributed by atoms with Gasteiger partial charge in [0.05, 0.1) is 17.2 Å². The number of Topliss-reactive ketones (excluding diaryl/α,β-unsaturated/α-hetero) is 1. The van der Waals surface area contributed by atoms with Gasteiger partial charge >= 0.3 is 5.97 Å². The number of hydrogen-bond acceptors (Lipinski definition) is 8. The number of aromatic nitrogens is 3. The van der Waals surface area contributed by atoms with E-state index in [0.29, 0.717) is 34.7 Å². The van der Waals surface area contributed by atoms with E-state index < -0.39 is 15.8 Å². The van der Waals surface area contributed by atoms with Crippen molar-refractivity contribution in [2.75, 3.05) is 18.1 Å². The van der Waals surface area contributed by atoms with Gasteiger partial charge in [-0.15, -0.1) is 5.10 Å². The van der Waals surface area contributed by atoms with Gasteiger partial charge in [-0.2, -0.15) is 0 Å². The number of sulfone groups is 1. The SMILES string of the molecule is CCc1nnsc1C(=O)OCC(=O)c1cc(C)n(C2CCS(=O)(=O)C2)c1C. The molecule has 8 nitrogen and oxygen atoms in total. The lowest BCUT2D eigenvalue weighted by Gasteiger charge is -2.16. The number of ketones is 1. The van der Waals surface area contributed by atoms with Gasteiger partial charge in [0, 0.05) is 23.0 Å². The molecule has 146 valence electrons. The summed E-state index contributed by atoms with van der Waals surface area (Å²) in [5, 5.41) is 3.86. The van der Waals surface area contributed by atoms with E-state index in [1.165, 1.54) is 0 Å². The lowest BCUT2D eigenvalue weighted by Crippen LogP contribution is -2.17. The molecule has 27 heavy (non-hydrogen) atoms. The number of hydrogen-bond donors (Lipinski definition) is 0. The second kappa shape index (κ2) is 7.51. The van der Waals surface area contributed by atoms with Crippen LogP contribution in [0.25, 0.3) is 0 Å². The molecule has 3 heterocycles. The Morgan fingerprint density at radius 1 is 1.37 bits per heavy atom. The molecule has 0 radical (unpaired) electrons. The van der Waals surface area contributed by atoms with Gasteiger partial charge in [-0.1, -0.05) is 11.4 Å². The van der Waals surface area contributed by atoms with Crippen LogP contribution in [0.1, 0.15) is 56.5 Å². The molecule has 3 rings (SSSR count). The average molecular weight is 412 g/mol. The van der Waals surface area contributed by atoms with Gasteiger partial charge in [0.15, 0.2) is 21.3 Å². The van der Waals surface area contributed by atoms with Crippen LogP contribution in [0.3, 0.4) is 0 Å². The smallest absolute Gasteiger partial charge is 0.352 e. The average Bonchev–Trinajstić information content (AvgIpc) is 3.29. The molecular formula is C17H21N3O5S2. The molecule has 10 heteroatoms. The highest BCUT2D eigenvalue weighted by Gasteiger charge is 2.31. The van der Waals surface area contributed by atoms with E-state index in [1.807, 2.05) is 18.4 Å². The number of carbonyl (C=O) groups excluding carboxylic acids is 2. The van der Waals surface area contributed by atoms with Crippen LogP contribution >= 0.6 is 11.5 Å².